The second kappa shape index (κ2) is 6.70. The third-order valence-corrected chi connectivity index (χ3v) is 4.15. The van der Waals surface area contributed by atoms with Gasteiger partial charge < -0.3 is 5.73 Å². The highest BCUT2D eigenvalue weighted by molar-refractivity contribution is 5.76. The number of amides is 1. The van der Waals surface area contributed by atoms with Gasteiger partial charge in [0, 0.05) is 12.3 Å². The molecule has 0 unspecified atom stereocenters. The molecule has 1 aromatic carbocycles. The van der Waals surface area contributed by atoms with Gasteiger partial charge in [0.25, 0.3) is 0 Å². The van der Waals surface area contributed by atoms with Gasteiger partial charge in [0.2, 0.25) is 5.91 Å². The highest BCUT2D eigenvalue weighted by atomic mass is 16.1. The first-order valence-electron chi connectivity index (χ1n) is 7.66. The lowest BCUT2D eigenvalue weighted by atomic mass is 9.96. The van der Waals surface area contributed by atoms with Crippen molar-refractivity contribution in [2.75, 3.05) is 13.1 Å². The highest BCUT2D eigenvalue weighted by Gasteiger charge is 2.23. The number of hydrogen-bond acceptors (Lipinski definition) is 4. The number of primary amides is 1. The van der Waals surface area contributed by atoms with Crippen molar-refractivity contribution in [1.82, 2.24) is 20.1 Å². The van der Waals surface area contributed by atoms with E-state index >= 15 is 0 Å². The van der Waals surface area contributed by atoms with Gasteiger partial charge in [0.05, 0.1) is 6.54 Å². The standard InChI is InChI=1S/C16H21N5O/c17-16(22)13-6-8-21(9-7-13)11-15-18-14(19-20-15)10-12-4-2-1-3-5-12/h1-5,13H,6-11H2,(H2,17,22)(H,18,19,20). The van der Waals surface area contributed by atoms with E-state index in [1.165, 1.54) is 5.56 Å². The molecule has 0 aliphatic carbocycles. The van der Waals surface area contributed by atoms with Gasteiger partial charge >= 0.3 is 0 Å². The molecular formula is C16H21N5O. The van der Waals surface area contributed by atoms with Crippen LogP contribution in [0.15, 0.2) is 30.3 Å². The van der Waals surface area contributed by atoms with E-state index in [0.29, 0.717) is 0 Å². The molecule has 2 aromatic rings. The molecule has 1 aliphatic rings. The summed E-state index contributed by atoms with van der Waals surface area (Å²) in [5, 5.41) is 7.30. The van der Waals surface area contributed by atoms with Crippen LogP contribution in [-0.2, 0) is 17.8 Å². The summed E-state index contributed by atoms with van der Waals surface area (Å²) in [5.41, 5.74) is 6.57. The zero-order chi connectivity index (χ0) is 15.4. The molecule has 0 radical (unpaired) electrons. The Morgan fingerprint density at radius 1 is 1.27 bits per heavy atom. The molecule has 1 saturated heterocycles. The number of aromatic nitrogens is 3. The Morgan fingerprint density at radius 2 is 2.00 bits per heavy atom. The largest absolute Gasteiger partial charge is 0.369 e. The van der Waals surface area contributed by atoms with Gasteiger partial charge in [0.1, 0.15) is 5.82 Å². The summed E-state index contributed by atoms with van der Waals surface area (Å²) in [4.78, 5) is 18.0. The summed E-state index contributed by atoms with van der Waals surface area (Å²) < 4.78 is 0. The third kappa shape index (κ3) is 3.71. The Bertz CT molecular complexity index is 616. The SMILES string of the molecule is NC(=O)C1CCN(Cc2n[nH]c(Cc3ccccc3)n2)CC1. The number of H-pyrrole nitrogens is 1. The normalized spacial score (nSPS) is 16.7. The first kappa shape index (κ1) is 14.7. The number of nitrogens with one attached hydrogen (secondary N) is 1. The van der Waals surface area contributed by atoms with Crippen molar-refractivity contribution >= 4 is 5.91 Å². The van der Waals surface area contributed by atoms with Crippen LogP contribution in [0.2, 0.25) is 0 Å². The van der Waals surface area contributed by atoms with E-state index < -0.39 is 0 Å². The minimum absolute atomic E-state index is 0.0250. The molecule has 1 aromatic heterocycles. The predicted octanol–water partition coefficient (Wildman–Crippen LogP) is 1.09. The number of nitrogens with two attached hydrogens (primary N) is 1. The predicted molar refractivity (Wildman–Crippen MR) is 82.8 cm³/mol. The van der Waals surface area contributed by atoms with Crippen molar-refractivity contribution in [3.63, 3.8) is 0 Å². The molecule has 1 amide bonds. The van der Waals surface area contributed by atoms with Crippen LogP contribution in [-0.4, -0.2) is 39.1 Å². The van der Waals surface area contributed by atoms with E-state index in [1.54, 1.807) is 0 Å². The van der Waals surface area contributed by atoms with Gasteiger partial charge in [-0.1, -0.05) is 30.3 Å². The van der Waals surface area contributed by atoms with Gasteiger partial charge in [-0.05, 0) is 31.5 Å². The fourth-order valence-electron chi connectivity index (χ4n) is 2.85. The molecule has 2 heterocycles. The molecule has 1 aliphatic heterocycles. The third-order valence-electron chi connectivity index (χ3n) is 4.15. The molecule has 22 heavy (non-hydrogen) atoms. The molecule has 0 bridgehead atoms. The van der Waals surface area contributed by atoms with E-state index in [2.05, 4.69) is 32.2 Å². The molecule has 0 saturated carbocycles. The molecule has 3 rings (SSSR count). The topological polar surface area (TPSA) is 87.9 Å². The summed E-state index contributed by atoms with van der Waals surface area (Å²) >= 11 is 0. The lowest BCUT2D eigenvalue weighted by molar-refractivity contribution is -0.123. The first-order chi connectivity index (χ1) is 10.7. The fraction of sp³-hybridized carbons (Fsp3) is 0.438. The molecular weight excluding hydrogens is 278 g/mol. The average Bonchev–Trinajstić information content (AvgIpc) is 2.96. The number of piperidine rings is 1. The number of rotatable bonds is 5. The lowest BCUT2D eigenvalue weighted by Crippen LogP contribution is -2.38. The van der Waals surface area contributed by atoms with E-state index in [0.717, 1.165) is 50.5 Å². The van der Waals surface area contributed by atoms with Crippen LogP contribution in [0.5, 0.6) is 0 Å². The number of carbonyl (C=O) groups is 1. The van der Waals surface area contributed by atoms with Gasteiger partial charge in [0.15, 0.2) is 5.82 Å². The van der Waals surface area contributed by atoms with Gasteiger partial charge in [-0.3, -0.25) is 14.8 Å². The highest BCUT2D eigenvalue weighted by Crippen LogP contribution is 2.17. The van der Waals surface area contributed by atoms with Crippen molar-refractivity contribution in [2.45, 2.75) is 25.8 Å². The minimum Gasteiger partial charge on any atom is -0.369 e. The molecule has 0 atom stereocenters. The van der Waals surface area contributed by atoms with E-state index in [1.807, 2.05) is 18.2 Å². The summed E-state index contributed by atoms with van der Waals surface area (Å²) in [6.45, 7) is 2.46. The van der Waals surface area contributed by atoms with Crippen LogP contribution in [0, 0.1) is 5.92 Å². The first-order valence-corrected chi connectivity index (χ1v) is 7.66. The molecule has 116 valence electrons. The van der Waals surface area contributed by atoms with Crippen molar-refractivity contribution in [3.05, 3.63) is 47.5 Å². The molecule has 1 fully saturated rings. The maximum absolute atomic E-state index is 11.2. The van der Waals surface area contributed by atoms with Gasteiger partial charge in [-0.2, -0.15) is 5.10 Å². The summed E-state index contributed by atoms with van der Waals surface area (Å²) in [5.74, 6) is 1.54. The Balaban J connectivity index is 1.53. The average molecular weight is 299 g/mol. The van der Waals surface area contributed by atoms with E-state index in [4.69, 9.17) is 5.73 Å². The summed E-state index contributed by atoms with van der Waals surface area (Å²) in [6.07, 6.45) is 2.42. The van der Waals surface area contributed by atoms with Crippen LogP contribution in [0.25, 0.3) is 0 Å². The minimum atomic E-state index is -0.178. The number of nitrogens with zero attached hydrogens (tertiary/aromatic N) is 3. The summed E-state index contributed by atoms with van der Waals surface area (Å²) in [6, 6.07) is 10.2. The van der Waals surface area contributed by atoms with E-state index in [9.17, 15) is 4.79 Å². The fourth-order valence-corrected chi connectivity index (χ4v) is 2.85. The van der Waals surface area contributed by atoms with Crippen molar-refractivity contribution in [3.8, 4) is 0 Å². The molecule has 0 spiro atoms. The zero-order valence-corrected chi connectivity index (χ0v) is 12.5. The number of likely N-dealkylation sites (tertiary alicyclic amines) is 1. The Kier molecular flexibility index (Phi) is 4.48. The van der Waals surface area contributed by atoms with E-state index in [-0.39, 0.29) is 11.8 Å². The Hall–Kier alpha value is -2.21. The zero-order valence-electron chi connectivity index (χ0n) is 12.5. The Morgan fingerprint density at radius 3 is 2.68 bits per heavy atom. The smallest absolute Gasteiger partial charge is 0.220 e. The van der Waals surface area contributed by atoms with Gasteiger partial charge in [-0.15, -0.1) is 0 Å². The molecule has 3 N–H and O–H groups in total. The van der Waals surface area contributed by atoms with Gasteiger partial charge in [-0.25, -0.2) is 4.98 Å². The second-order valence-electron chi connectivity index (χ2n) is 5.81. The Labute approximate surface area is 129 Å². The van der Waals surface area contributed by atoms with Crippen molar-refractivity contribution < 1.29 is 4.79 Å². The summed E-state index contributed by atoms with van der Waals surface area (Å²) in [7, 11) is 0. The molecule has 6 heteroatoms. The van der Waals surface area contributed by atoms with Crippen LogP contribution >= 0.6 is 0 Å². The number of benzene rings is 1. The van der Waals surface area contributed by atoms with Crippen molar-refractivity contribution in [2.24, 2.45) is 11.7 Å². The van der Waals surface area contributed by atoms with Crippen molar-refractivity contribution in [1.29, 1.82) is 0 Å². The number of carbonyl (C=O) groups excluding carboxylic acids is 1. The molecule has 6 nitrogen and oxygen atoms in total. The number of aromatic amines is 1. The van der Waals surface area contributed by atoms with Crippen LogP contribution in [0.3, 0.4) is 0 Å². The van der Waals surface area contributed by atoms with Crippen LogP contribution < -0.4 is 5.73 Å². The lowest BCUT2D eigenvalue weighted by Gasteiger charge is -2.29. The van der Waals surface area contributed by atoms with Crippen LogP contribution in [0.1, 0.15) is 30.1 Å². The number of hydrogen-bond donors (Lipinski definition) is 2. The second-order valence-corrected chi connectivity index (χ2v) is 5.81. The quantitative estimate of drug-likeness (QED) is 0.865. The monoisotopic (exact) mass is 299 g/mol. The maximum atomic E-state index is 11.2. The maximum Gasteiger partial charge on any atom is 0.220 e. The van der Waals surface area contributed by atoms with Crippen LogP contribution in [0.4, 0.5) is 0 Å².